The number of anilines is 6. The minimum atomic E-state index is 0.873. The van der Waals surface area contributed by atoms with Crippen LogP contribution in [0.2, 0.25) is 0 Å². The van der Waals surface area contributed by atoms with E-state index in [4.69, 9.17) is 8.83 Å². The highest BCUT2D eigenvalue weighted by Crippen LogP contribution is 2.56. The number of aromatic nitrogens is 2. The van der Waals surface area contributed by atoms with E-state index >= 15 is 0 Å². The van der Waals surface area contributed by atoms with Gasteiger partial charge in [-0.3, -0.25) is 0 Å². The zero-order chi connectivity index (χ0) is 58.2. The molecule has 6 nitrogen and oxygen atoms in total. The second-order valence-electron chi connectivity index (χ2n) is 24.3. The van der Waals surface area contributed by atoms with Gasteiger partial charge >= 0.3 is 0 Å². The minimum Gasteiger partial charge on any atom is -0.458 e. The molecule has 6 heterocycles. The molecule has 0 radical (unpaired) electrons. The fourth-order valence-corrected chi connectivity index (χ4v) is 15.7. The molecule has 88 heavy (non-hydrogen) atoms. The summed E-state index contributed by atoms with van der Waals surface area (Å²) in [4.78, 5) is 4.91. The maximum atomic E-state index is 7.02. The van der Waals surface area contributed by atoms with E-state index in [0.29, 0.717) is 0 Å². The van der Waals surface area contributed by atoms with E-state index in [9.17, 15) is 0 Å². The van der Waals surface area contributed by atoms with Crippen LogP contribution >= 0.6 is 0 Å². The van der Waals surface area contributed by atoms with Crippen LogP contribution in [-0.2, 0) is 6.42 Å². The van der Waals surface area contributed by atoms with E-state index in [1.54, 1.807) is 0 Å². The molecule has 6 heteroatoms. The summed E-state index contributed by atoms with van der Waals surface area (Å²) in [6, 6.07) is 85.6. The highest BCUT2D eigenvalue weighted by atomic mass is 16.3. The summed E-state index contributed by atoms with van der Waals surface area (Å²) in [7, 11) is 0. The molecule has 0 amide bonds. The lowest BCUT2D eigenvalue weighted by atomic mass is 9.89. The summed E-state index contributed by atoms with van der Waals surface area (Å²) in [5, 5.41) is 13.1. The predicted octanol–water partition coefficient (Wildman–Crippen LogP) is 23.1. The summed E-state index contributed by atoms with van der Waals surface area (Å²) in [5.41, 5.74) is 26.8. The van der Waals surface area contributed by atoms with Crippen LogP contribution < -0.4 is 9.80 Å². The SMILES string of the molecule is Cc1ccccc1N(c1ccc2c3cccc4c5c(-c6ccccc6)c6c(c(-c7ccccc7)c5n(c2c1)c34)c1cccc2c3ccc(N(c4ccccc4C)c4c(C)ccc5c4oc4ccccc45)cc3n6c21)c1c(C)ccc2c3c(oc12)CCC=C3. The van der Waals surface area contributed by atoms with E-state index in [1.807, 2.05) is 0 Å². The molecule has 18 aromatic rings. The quantitative estimate of drug-likeness (QED) is 0.152. The third-order valence-corrected chi connectivity index (χ3v) is 19.5. The number of benzene rings is 12. The number of aryl methyl sites for hydroxylation is 5. The first-order valence-corrected chi connectivity index (χ1v) is 30.7. The molecule has 0 unspecified atom stereocenters. The van der Waals surface area contributed by atoms with Crippen LogP contribution in [0.3, 0.4) is 0 Å². The maximum absolute atomic E-state index is 7.02. The van der Waals surface area contributed by atoms with Crippen LogP contribution in [0.15, 0.2) is 245 Å². The fourth-order valence-electron chi connectivity index (χ4n) is 15.7. The number of allylic oxidation sites excluding steroid dienone is 1. The van der Waals surface area contributed by atoms with Gasteiger partial charge in [-0.2, -0.15) is 0 Å². The van der Waals surface area contributed by atoms with Crippen LogP contribution in [-0.4, -0.2) is 8.80 Å². The zero-order valence-corrected chi connectivity index (χ0v) is 49.1. The van der Waals surface area contributed by atoms with Crippen LogP contribution in [0.5, 0.6) is 0 Å². The number of hydrogen-bond acceptors (Lipinski definition) is 4. The Kier molecular flexibility index (Phi) is 10.2. The molecule has 0 aliphatic heterocycles. The zero-order valence-electron chi connectivity index (χ0n) is 49.1. The van der Waals surface area contributed by atoms with Gasteiger partial charge in [-0.25, -0.2) is 0 Å². The third-order valence-electron chi connectivity index (χ3n) is 19.5. The molecule has 0 spiro atoms. The van der Waals surface area contributed by atoms with Crippen molar-refractivity contribution < 1.29 is 8.83 Å². The van der Waals surface area contributed by atoms with Gasteiger partial charge < -0.3 is 27.4 Å². The van der Waals surface area contributed by atoms with Gasteiger partial charge in [0.15, 0.2) is 11.2 Å². The lowest BCUT2D eigenvalue weighted by Crippen LogP contribution is -2.13. The van der Waals surface area contributed by atoms with Gasteiger partial charge in [0.1, 0.15) is 11.3 Å². The van der Waals surface area contributed by atoms with Gasteiger partial charge in [0.2, 0.25) is 0 Å². The third kappa shape index (κ3) is 6.61. The molecule has 1 aliphatic carbocycles. The standard InChI is InChI=1S/C82H56N4O2/c1-47-21-11-15-33-65(47)83(75-49(3)37-41-61-57-27-13-17-35-69(57)87-81(61)75)53-39-43-55-59-29-19-31-63-73-72(52-25-9-6-10-26-52)80-74(71(51-23-7-5-8-24-51)79(73)85(77(59)63)67(55)45-53)64-32-20-30-60-56-44-40-54(46-68(56)86(80)78(60)64)84(66-34-16-12-22-48(66)2)76-50(4)38-42-62-58-28-14-18-36-70(58)88-82(62)76/h5-17,19-35,37-46H,18,36H2,1-4H3. The van der Waals surface area contributed by atoms with Crippen LogP contribution in [0.4, 0.5) is 34.1 Å². The molecular formula is C82H56N4O2. The van der Waals surface area contributed by atoms with E-state index in [0.717, 1.165) is 108 Å². The molecule has 1 aliphatic rings. The van der Waals surface area contributed by atoms with E-state index < -0.39 is 0 Å². The normalized spacial score (nSPS) is 12.9. The summed E-state index contributed by atoms with van der Waals surface area (Å²) < 4.78 is 19.2. The van der Waals surface area contributed by atoms with Crippen molar-refractivity contribution in [3.05, 3.63) is 270 Å². The van der Waals surface area contributed by atoms with Crippen molar-refractivity contribution in [1.82, 2.24) is 8.80 Å². The van der Waals surface area contributed by atoms with Crippen LogP contribution in [0.25, 0.3) is 137 Å². The Balaban J connectivity index is 0.961. The van der Waals surface area contributed by atoms with Gasteiger partial charge in [-0.05, 0) is 110 Å². The molecule has 0 N–H and O–H groups in total. The number of fused-ring (bicyclic) bond motifs is 18. The molecule has 0 saturated heterocycles. The van der Waals surface area contributed by atoms with E-state index in [2.05, 4.69) is 289 Å². The lowest BCUT2D eigenvalue weighted by molar-refractivity contribution is 0.546. The first kappa shape index (κ1) is 49.2. The number of para-hydroxylation sites is 5. The van der Waals surface area contributed by atoms with Crippen LogP contribution in [0, 0.1) is 27.7 Å². The largest absolute Gasteiger partial charge is 0.458 e. The first-order chi connectivity index (χ1) is 43.4. The number of furan rings is 2. The van der Waals surface area contributed by atoms with Crippen molar-refractivity contribution in [3.63, 3.8) is 0 Å². The lowest BCUT2D eigenvalue weighted by Gasteiger charge is -2.28. The Morgan fingerprint density at radius 1 is 0.364 bits per heavy atom. The second-order valence-corrected chi connectivity index (χ2v) is 24.3. The van der Waals surface area contributed by atoms with Crippen LogP contribution in [0.1, 0.15) is 40.0 Å². The molecule has 12 aromatic carbocycles. The predicted molar refractivity (Wildman–Crippen MR) is 369 cm³/mol. The average molecular weight is 1130 g/mol. The minimum absolute atomic E-state index is 0.873. The number of rotatable bonds is 8. The molecule has 19 rings (SSSR count). The molecule has 0 saturated carbocycles. The molecule has 416 valence electrons. The Morgan fingerprint density at radius 2 is 0.830 bits per heavy atom. The fraction of sp³-hybridized carbons (Fsp3) is 0.0732. The Hall–Kier alpha value is -11.1. The van der Waals surface area contributed by atoms with Crippen molar-refractivity contribution >= 4 is 149 Å². The van der Waals surface area contributed by atoms with Crippen molar-refractivity contribution in [2.75, 3.05) is 9.80 Å². The van der Waals surface area contributed by atoms with Crippen molar-refractivity contribution in [3.8, 4) is 22.3 Å². The van der Waals surface area contributed by atoms with Gasteiger partial charge in [-0.1, -0.05) is 200 Å². The Morgan fingerprint density at radius 3 is 1.39 bits per heavy atom. The summed E-state index contributed by atoms with van der Waals surface area (Å²) in [5.74, 6) is 1.06. The van der Waals surface area contributed by atoms with E-state index in [-0.39, 0.29) is 0 Å². The van der Waals surface area contributed by atoms with Gasteiger partial charge in [-0.15, -0.1) is 0 Å². The topological polar surface area (TPSA) is 41.6 Å². The highest BCUT2D eigenvalue weighted by Gasteiger charge is 2.33. The Labute approximate surface area is 506 Å². The van der Waals surface area contributed by atoms with Crippen molar-refractivity contribution in [2.24, 2.45) is 0 Å². The monoisotopic (exact) mass is 1130 g/mol. The number of hydrogen-bond donors (Lipinski definition) is 0. The molecule has 6 aromatic heterocycles. The molecule has 0 bridgehead atoms. The summed E-state index contributed by atoms with van der Waals surface area (Å²) in [6.07, 6.45) is 6.40. The van der Waals surface area contributed by atoms with Gasteiger partial charge in [0.25, 0.3) is 0 Å². The molecule has 0 fully saturated rings. The van der Waals surface area contributed by atoms with Crippen molar-refractivity contribution in [1.29, 1.82) is 0 Å². The number of nitrogens with zero attached hydrogens (tertiary/aromatic N) is 4. The Bertz CT molecular complexity index is 5990. The van der Waals surface area contributed by atoms with Gasteiger partial charge in [0, 0.05) is 105 Å². The molecule has 0 atom stereocenters. The second kappa shape index (κ2) is 18.2. The van der Waals surface area contributed by atoms with E-state index in [1.165, 1.54) is 104 Å². The maximum Gasteiger partial charge on any atom is 0.159 e. The highest BCUT2D eigenvalue weighted by molar-refractivity contribution is 6.38. The average Bonchev–Trinajstić information content (AvgIpc) is 1.50. The first-order valence-electron chi connectivity index (χ1n) is 30.7. The van der Waals surface area contributed by atoms with Crippen molar-refractivity contribution in [2.45, 2.75) is 40.5 Å². The van der Waals surface area contributed by atoms with Gasteiger partial charge in [0.05, 0.1) is 44.5 Å². The smallest absolute Gasteiger partial charge is 0.159 e. The summed E-state index contributed by atoms with van der Waals surface area (Å²) >= 11 is 0. The molecular weight excluding hydrogens is 1070 g/mol. The summed E-state index contributed by atoms with van der Waals surface area (Å²) in [6.45, 7) is 8.88.